The molecule has 0 saturated carbocycles. The van der Waals surface area contributed by atoms with Gasteiger partial charge in [-0.3, -0.25) is 0 Å². The summed E-state index contributed by atoms with van der Waals surface area (Å²) in [6.07, 6.45) is 9.24. The van der Waals surface area contributed by atoms with Crippen LogP contribution in [0.1, 0.15) is 25.3 Å². The molecule has 0 radical (unpaired) electrons. The van der Waals surface area contributed by atoms with Gasteiger partial charge >= 0.3 is 0 Å². The topological polar surface area (TPSA) is 30.2 Å². The Balaban J connectivity index is 1.93. The molecule has 3 nitrogen and oxygen atoms in total. The van der Waals surface area contributed by atoms with Crippen LogP contribution in [-0.4, -0.2) is 14.6 Å². The van der Waals surface area contributed by atoms with E-state index in [1.807, 2.05) is 18.5 Å². The van der Waals surface area contributed by atoms with Gasteiger partial charge in [0, 0.05) is 18.0 Å². The number of hydrogen-bond acceptors (Lipinski definition) is 2. The lowest BCUT2D eigenvalue weighted by atomic mass is 10.0. The van der Waals surface area contributed by atoms with Gasteiger partial charge in [-0.15, -0.1) is 0 Å². The van der Waals surface area contributed by atoms with E-state index in [0.717, 1.165) is 17.6 Å². The molecule has 96 valence electrons. The monoisotopic (exact) mass is 251 g/mol. The molecule has 0 aliphatic heterocycles. The van der Waals surface area contributed by atoms with Gasteiger partial charge < -0.3 is 0 Å². The molecule has 2 heterocycles. The van der Waals surface area contributed by atoms with Gasteiger partial charge in [-0.25, -0.2) is 9.50 Å². The predicted octanol–water partition coefficient (Wildman–Crippen LogP) is 3.74. The second-order valence-electron chi connectivity index (χ2n) is 4.75. The lowest BCUT2D eigenvalue weighted by Crippen LogP contribution is -1.88. The number of unbranched alkanes of at least 4 members (excludes halogenated alkanes) is 1. The van der Waals surface area contributed by atoms with Gasteiger partial charge in [-0.05, 0) is 30.0 Å². The van der Waals surface area contributed by atoms with E-state index >= 15 is 0 Å². The molecule has 0 unspecified atom stereocenters. The summed E-state index contributed by atoms with van der Waals surface area (Å²) in [6.45, 7) is 2.22. The van der Waals surface area contributed by atoms with Crippen LogP contribution in [0.5, 0.6) is 0 Å². The van der Waals surface area contributed by atoms with Crippen molar-refractivity contribution >= 4 is 5.65 Å². The molecule has 0 N–H and O–H groups in total. The molecule has 3 rings (SSSR count). The van der Waals surface area contributed by atoms with Crippen LogP contribution in [0, 0.1) is 0 Å². The van der Waals surface area contributed by atoms with Gasteiger partial charge in [0.2, 0.25) is 0 Å². The van der Waals surface area contributed by atoms with Gasteiger partial charge in [0.1, 0.15) is 0 Å². The molecule has 0 amide bonds. The molecule has 2 aromatic heterocycles. The van der Waals surface area contributed by atoms with Crippen LogP contribution in [-0.2, 0) is 6.42 Å². The van der Waals surface area contributed by atoms with Crippen LogP contribution in [0.15, 0.2) is 48.9 Å². The standard InChI is InChI=1S/C16H17N3/c1-2-3-5-13-6-8-14(9-7-13)15-12-18-19-11-4-10-17-16(15)19/h4,6-12H,2-3,5H2,1H3. The number of aryl methyl sites for hydroxylation is 1. The number of rotatable bonds is 4. The van der Waals surface area contributed by atoms with E-state index in [2.05, 4.69) is 41.3 Å². The molecule has 0 aliphatic carbocycles. The summed E-state index contributed by atoms with van der Waals surface area (Å²) in [7, 11) is 0. The fourth-order valence-corrected chi connectivity index (χ4v) is 2.26. The molecule has 0 bridgehead atoms. The van der Waals surface area contributed by atoms with Gasteiger partial charge in [0.15, 0.2) is 5.65 Å². The number of nitrogens with zero attached hydrogens (tertiary/aromatic N) is 3. The molecule has 0 saturated heterocycles. The Labute approximate surface area is 112 Å². The van der Waals surface area contributed by atoms with E-state index in [-0.39, 0.29) is 0 Å². The zero-order valence-electron chi connectivity index (χ0n) is 11.1. The second-order valence-corrected chi connectivity index (χ2v) is 4.75. The molecule has 3 aromatic rings. The van der Waals surface area contributed by atoms with Crippen LogP contribution in [0.2, 0.25) is 0 Å². The van der Waals surface area contributed by atoms with Crippen molar-refractivity contribution in [3.05, 3.63) is 54.5 Å². The highest BCUT2D eigenvalue weighted by molar-refractivity contribution is 5.76. The van der Waals surface area contributed by atoms with Crippen molar-refractivity contribution < 1.29 is 0 Å². The largest absolute Gasteiger partial charge is 0.236 e. The lowest BCUT2D eigenvalue weighted by molar-refractivity contribution is 0.795. The number of benzene rings is 1. The minimum absolute atomic E-state index is 0.906. The summed E-state index contributed by atoms with van der Waals surface area (Å²) in [6, 6.07) is 10.6. The van der Waals surface area contributed by atoms with Gasteiger partial charge in [0.25, 0.3) is 0 Å². The Hall–Kier alpha value is -2.16. The average molecular weight is 251 g/mol. The van der Waals surface area contributed by atoms with E-state index in [1.165, 1.54) is 24.0 Å². The van der Waals surface area contributed by atoms with Crippen molar-refractivity contribution in [3.8, 4) is 11.1 Å². The lowest BCUT2D eigenvalue weighted by Gasteiger charge is -2.02. The maximum Gasteiger partial charge on any atom is 0.162 e. The normalized spacial score (nSPS) is 11.0. The van der Waals surface area contributed by atoms with Crippen molar-refractivity contribution in [2.24, 2.45) is 0 Å². The average Bonchev–Trinajstić information content (AvgIpc) is 2.90. The summed E-state index contributed by atoms with van der Waals surface area (Å²) in [4.78, 5) is 4.39. The molecule has 0 atom stereocenters. The van der Waals surface area contributed by atoms with E-state index < -0.39 is 0 Å². The van der Waals surface area contributed by atoms with Crippen molar-refractivity contribution in [1.29, 1.82) is 0 Å². The maximum atomic E-state index is 4.39. The number of fused-ring (bicyclic) bond motifs is 1. The molecule has 0 fully saturated rings. The minimum atomic E-state index is 0.906. The fourth-order valence-electron chi connectivity index (χ4n) is 2.26. The number of hydrogen-bond donors (Lipinski definition) is 0. The predicted molar refractivity (Wildman–Crippen MR) is 77.0 cm³/mol. The third-order valence-electron chi connectivity index (χ3n) is 3.36. The third-order valence-corrected chi connectivity index (χ3v) is 3.36. The van der Waals surface area contributed by atoms with Gasteiger partial charge in [0.05, 0.1) is 6.20 Å². The van der Waals surface area contributed by atoms with Gasteiger partial charge in [-0.1, -0.05) is 37.6 Å². The Morgan fingerprint density at radius 1 is 1.16 bits per heavy atom. The van der Waals surface area contributed by atoms with Crippen molar-refractivity contribution in [3.63, 3.8) is 0 Å². The highest BCUT2D eigenvalue weighted by Crippen LogP contribution is 2.23. The zero-order chi connectivity index (χ0) is 13.1. The Kier molecular flexibility index (Phi) is 3.27. The minimum Gasteiger partial charge on any atom is -0.236 e. The zero-order valence-corrected chi connectivity index (χ0v) is 11.1. The number of aromatic nitrogens is 3. The smallest absolute Gasteiger partial charge is 0.162 e. The van der Waals surface area contributed by atoms with Gasteiger partial charge in [-0.2, -0.15) is 5.10 Å². The molecule has 0 spiro atoms. The third kappa shape index (κ3) is 2.36. The Morgan fingerprint density at radius 3 is 2.79 bits per heavy atom. The highest BCUT2D eigenvalue weighted by Gasteiger charge is 2.06. The molecule has 3 heteroatoms. The van der Waals surface area contributed by atoms with Crippen LogP contribution in [0.3, 0.4) is 0 Å². The molecule has 1 aromatic carbocycles. The SMILES string of the molecule is CCCCc1ccc(-c2cnn3cccnc23)cc1. The highest BCUT2D eigenvalue weighted by atomic mass is 15.2. The molecule has 19 heavy (non-hydrogen) atoms. The quantitative estimate of drug-likeness (QED) is 0.707. The maximum absolute atomic E-state index is 4.39. The van der Waals surface area contributed by atoms with E-state index in [1.54, 1.807) is 10.7 Å². The van der Waals surface area contributed by atoms with E-state index in [4.69, 9.17) is 0 Å². The fraction of sp³-hybridized carbons (Fsp3) is 0.250. The molecular weight excluding hydrogens is 234 g/mol. The van der Waals surface area contributed by atoms with Crippen LogP contribution < -0.4 is 0 Å². The molecule has 0 aliphatic rings. The van der Waals surface area contributed by atoms with E-state index in [0.29, 0.717) is 0 Å². The van der Waals surface area contributed by atoms with E-state index in [9.17, 15) is 0 Å². The summed E-state index contributed by atoms with van der Waals surface area (Å²) < 4.78 is 1.81. The molecular formula is C16H17N3. The van der Waals surface area contributed by atoms with Crippen LogP contribution in [0.25, 0.3) is 16.8 Å². The van der Waals surface area contributed by atoms with Crippen molar-refractivity contribution in [1.82, 2.24) is 14.6 Å². The van der Waals surface area contributed by atoms with Crippen LogP contribution >= 0.6 is 0 Å². The second kappa shape index (κ2) is 5.22. The first kappa shape index (κ1) is 11.9. The summed E-state index contributed by atoms with van der Waals surface area (Å²) >= 11 is 0. The Morgan fingerprint density at radius 2 is 2.00 bits per heavy atom. The van der Waals surface area contributed by atoms with Crippen molar-refractivity contribution in [2.75, 3.05) is 0 Å². The van der Waals surface area contributed by atoms with Crippen LogP contribution in [0.4, 0.5) is 0 Å². The Bertz CT molecular complexity index is 668. The first-order chi connectivity index (χ1) is 9.38. The summed E-state index contributed by atoms with van der Waals surface area (Å²) in [5.41, 5.74) is 4.57. The summed E-state index contributed by atoms with van der Waals surface area (Å²) in [5, 5.41) is 4.32. The first-order valence-electron chi connectivity index (χ1n) is 6.76. The van der Waals surface area contributed by atoms with Crippen molar-refractivity contribution in [2.45, 2.75) is 26.2 Å². The summed E-state index contributed by atoms with van der Waals surface area (Å²) in [5.74, 6) is 0. The first-order valence-corrected chi connectivity index (χ1v) is 6.76.